The van der Waals surface area contributed by atoms with Gasteiger partial charge in [0.15, 0.2) is 0 Å². The molecule has 1 atom stereocenters. The molecule has 2 aromatic rings. The number of unbranched alkanes of at least 4 members (excludes halogenated alkanes) is 2. The largest absolute Gasteiger partial charge is 0.494 e. The molecule has 0 bridgehead atoms. The maximum absolute atomic E-state index is 12.5. The summed E-state index contributed by atoms with van der Waals surface area (Å²) in [6.07, 6.45) is 2.61. The van der Waals surface area contributed by atoms with Crippen LogP contribution in [0.4, 0.5) is 5.69 Å². The van der Waals surface area contributed by atoms with E-state index in [-0.39, 0.29) is 11.8 Å². The number of hydrogen-bond donors (Lipinski definition) is 1. The minimum absolute atomic E-state index is 0.0226. The van der Waals surface area contributed by atoms with Crippen molar-refractivity contribution in [1.82, 2.24) is 0 Å². The number of rotatable bonds is 8. The van der Waals surface area contributed by atoms with Gasteiger partial charge in [-0.3, -0.25) is 9.59 Å². The molecule has 1 fully saturated rings. The Kier molecular flexibility index (Phi) is 6.28. The normalized spacial score (nSPS) is 16.0. The molecule has 144 valence electrons. The third kappa shape index (κ3) is 4.68. The maximum Gasteiger partial charge on any atom is 0.248 e. The second kappa shape index (κ2) is 9.05. The lowest BCUT2D eigenvalue weighted by Gasteiger charge is -2.18. The van der Waals surface area contributed by atoms with E-state index in [0.717, 1.165) is 24.2 Å². The van der Waals surface area contributed by atoms with Crippen molar-refractivity contribution in [2.75, 3.05) is 18.1 Å². The van der Waals surface area contributed by atoms with E-state index >= 15 is 0 Å². The van der Waals surface area contributed by atoms with Gasteiger partial charge in [0.1, 0.15) is 5.75 Å². The van der Waals surface area contributed by atoms with Gasteiger partial charge in [-0.1, -0.05) is 18.2 Å². The molecule has 2 aromatic carbocycles. The Morgan fingerprint density at radius 2 is 2.04 bits per heavy atom. The van der Waals surface area contributed by atoms with E-state index < -0.39 is 5.91 Å². The Labute approximate surface area is 164 Å². The number of hydrogen-bond acceptors (Lipinski definition) is 4. The van der Waals surface area contributed by atoms with E-state index in [2.05, 4.69) is 6.07 Å². The van der Waals surface area contributed by atoms with E-state index in [1.165, 1.54) is 0 Å². The standard InChI is InChI=1S/C22H23N3O3/c23-10-2-1-3-11-28-20-9-5-6-16(13-20)18-14-21(26)25(15-18)19-8-4-7-17(12-19)22(24)27/h4-9,12-13,18H,1-3,11,14-15H2,(H2,24,27). The van der Waals surface area contributed by atoms with Crippen LogP contribution in [-0.2, 0) is 4.79 Å². The van der Waals surface area contributed by atoms with Gasteiger partial charge in [0.2, 0.25) is 11.8 Å². The van der Waals surface area contributed by atoms with Crippen LogP contribution in [0.15, 0.2) is 48.5 Å². The van der Waals surface area contributed by atoms with Crippen LogP contribution in [0.25, 0.3) is 0 Å². The lowest BCUT2D eigenvalue weighted by atomic mass is 9.98. The molecule has 6 nitrogen and oxygen atoms in total. The summed E-state index contributed by atoms with van der Waals surface area (Å²) in [7, 11) is 0. The molecule has 0 aromatic heterocycles. The van der Waals surface area contributed by atoms with Crippen molar-refractivity contribution >= 4 is 17.5 Å². The number of nitriles is 1. The summed E-state index contributed by atoms with van der Waals surface area (Å²) >= 11 is 0. The van der Waals surface area contributed by atoms with Crippen LogP contribution < -0.4 is 15.4 Å². The lowest BCUT2D eigenvalue weighted by molar-refractivity contribution is -0.117. The van der Waals surface area contributed by atoms with Crippen LogP contribution in [0.1, 0.15) is 47.5 Å². The number of amides is 2. The summed E-state index contributed by atoms with van der Waals surface area (Å²) in [4.78, 5) is 25.7. The van der Waals surface area contributed by atoms with Crippen LogP contribution in [0, 0.1) is 11.3 Å². The average Bonchev–Trinajstić information content (AvgIpc) is 3.10. The van der Waals surface area contributed by atoms with Crippen molar-refractivity contribution in [1.29, 1.82) is 5.26 Å². The van der Waals surface area contributed by atoms with Gasteiger partial charge in [-0.05, 0) is 48.7 Å². The first-order valence-electron chi connectivity index (χ1n) is 9.38. The highest BCUT2D eigenvalue weighted by Crippen LogP contribution is 2.33. The molecule has 28 heavy (non-hydrogen) atoms. The quantitative estimate of drug-likeness (QED) is 0.713. The molecule has 0 radical (unpaired) electrons. The summed E-state index contributed by atoms with van der Waals surface area (Å²) in [5, 5.41) is 8.56. The molecular formula is C22H23N3O3. The summed E-state index contributed by atoms with van der Waals surface area (Å²) in [5.74, 6) is 0.349. The molecule has 0 aliphatic carbocycles. The SMILES string of the molecule is N#CCCCCOc1cccc(C2CC(=O)N(c3cccc(C(N)=O)c3)C2)c1. The topological polar surface area (TPSA) is 96.4 Å². The summed E-state index contributed by atoms with van der Waals surface area (Å²) in [5.41, 5.74) is 7.48. The average molecular weight is 377 g/mol. The minimum Gasteiger partial charge on any atom is -0.494 e. The highest BCUT2D eigenvalue weighted by atomic mass is 16.5. The number of anilines is 1. The molecule has 1 aliphatic heterocycles. The molecule has 1 heterocycles. The first kappa shape index (κ1) is 19.4. The zero-order chi connectivity index (χ0) is 19.9. The van der Waals surface area contributed by atoms with Crippen molar-refractivity contribution in [3.63, 3.8) is 0 Å². The Hall–Kier alpha value is -3.33. The number of nitrogens with two attached hydrogens (primary N) is 1. The van der Waals surface area contributed by atoms with Gasteiger partial charge < -0.3 is 15.4 Å². The fourth-order valence-corrected chi connectivity index (χ4v) is 3.36. The van der Waals surface area contributed by atoms with E-state index in [0.29, 0.717) is 37.2 Å². The number of carbonyl (C=O) groups is 2. The van der Waals surface area contributed by atoms with Crippen molar-refractivity contribution in [2.45, 2.75) is 31.6 Å². The smallest absolute Gasteiger partial charge is 0.248 e. The molecule has 0 saturated carbocycles. The number of carbonyl (C=O) groups excluding carboxylic acids is 2. The number of nitrogens with zero attached hydrogens (tertiary/aromatic N) is 2. The van der Waals surface area contributed by atoms with Gasteiger partial charge in [0.05, 0.1) is 12.7 Å². The first-order valence-corrected chi connectivity index (χ1v) is 9.38. The van der Waals surface area contributed by atoms with E-state index in [4.69, 9.17) is 15.7 Å². The van der Waals surface area contributed by atoms with Crippen LogP contribution in [0.3, 0.4) is 0 Å². The summed E-state index contributed by atoms with van der Waals surface area (Å²) < 4.78 is 5.77. The van der Waals surface area contributed by atoms with E-state index in [9.17, 15) is 9.59 Å². The fourth-order valence-electron chi connectivity index (χ4n) is 3.36. The summed E-state index contributed by atoms with van der Waals surface area (Å²) in [6.45, 7) is 1.12. The molecule has 2 amide bonds. The molecule has 6 heteroatoms. The molecular weight excluding hydrogens is 354 g/mol. The Morgan fingerprint density at radius 3 is 2.82 bits per heavy atom. The highest BCUT2D eigenvalue weighted by molar-refractivity contribution is 5.99. The van der Waals surface area contributed by atoms with Gasteiger partial charge in [-0.25, -0.2) is 0 Å². The van der Waals surface area contributed by atoms with E-state index in [1.807, 2.05) is 30.3 Å². The molecule has 1 aliphatic rings. The molecule has 3 rings (SSSR count). The van der Waals surface area contributed by atoms with Gasteiger partial charge in [-0.2, -0.15) is 5.26 Å². The second-order valence-corrected chi connectivity index (χ2v) is 6.86. The second-order valence-electron chi connectivity index (χ2n) is 6.86. The number of primary amides is 1. The number of ether oxygens (including phenoxy) is 1. The molecule has 1 saturated heterocycles. The third-order valence-electron chi connectivity index (χ3n) is 4.85. The Balaban J connectivity index is 1.66. The lowest BCUT2D eigenvalue weighted by Crippen LogP contribution is -2.24. The van der Waals surface area contributed by atoms with Crippen LogP contribution in [-0.4, -0.2) is 25.0 Å². The zero-order valence-electron chi connectivity index (χ0n) is 15.6. The number of benzene rings is 2. The predicted molar refractivity (Wildman–Crippen MR) is 106 cm³/mol. The minimum atomic E-state index is -0.510. The molecule has 2 N–H and O–H groups in total. The van der Waals surface area contributed by atoms with Gasteiger partial charge in [0, 0.05) is 36.6 Å². The van der Waals surface area contributed by atoms with Crippen molar-refractivity contribution in [2.24, 2.45) is 5.73 Å². The Bertz CT molecular complexity index is 904. The van der Waals surface area contributed by atoms with Crippen LogP contribution in [0.5, 0.6) is 5.75 Å². The Morgan fingerprint density at radius 1 is 1.21 bits per heavy atom. The van der Waals surface area contributed by atoms with Gasteiger partial charge >= 0.3 is 0 Å². The van der Waals surface area contributed by atoms with Crippen molar-refractivity contribution in [3.05, 3.63) is 59.7 Å². The first-order chi connectivity index (χ1) is 13.6. The third-order valence-corrected chi connectivity index (χ3v) is 4.85. The van der Waals surface area contributed by atoms with Crippen molar-refractivity contribution < 1.29 is 14.3 Å². The molecule has 1 unspecified atom stereocenters. The maximum atomic E-state index is 12.5. The fraction of sp³-hybridized carbons (Fsp3) is 0.318. The van der Waals surface area contributed by atoms with Gasteiger partial charge in [0.25, 0.3) is 0 Å². The zero-order valence-corrected chi connectivity index (χ0v) is 15.6. The van der Waals surface area contributed by atoms with Crippen LogP contribution in [0.2, 0.25) is 0 Å². The highest BCUT2D eigenvalue weighted by Gasteiger charge is 2.32. The van der Waals surface area contributed by atoms with Crippen molar-refractivity contribution in [3.8, 4) is 11.8 Å². The molecule has 0 spiro atoms. The van der Waals surface area contributed by atoms with E-state index in [1.54, 1.807) is 23.1 Å². The van der Waals surface area contributed by atoms with Crippen LogP contribution >= 0.6 is 0 Å². The monoisotopic (exact) mass is 377 g/mol. The van der Waals surface area contributed by atoms with Gasteiger partial charge in [-0.15, -0.1) is 0 Å². The predicted octanol–water partition coefficient (Wildman–Crippen LogP) is 3.38. The summed E-state index contributed by atoms with van der Waals surface area (Å²) in [6, 6.07) is 16.8.